The van der Waals surface area contributed by atoms with Crippen LogP contribution in [0.15, 0.2) is 0 Å². The van der Waals surface area contributed by atoms with E-state index in [1.165, 1.54) is 0 Å². The van der Waals surface area contributed by atoms with E-state index in [-0.39, 0.29) is 0 Å². The summed E-state index contributed by atoms with van der Waals surface area (Å²) in [5, 5.41) is 0. The molecular weight excluding hydrogens is 317 g/mol. The first kappa shape index (κ1) is 27.3. The van der Waals surface area contributed by atoms with E-state index in [0.29, 0.717) is 18.3 Å². The fourth-order valence-corrected chi connectivity index (χ4v) is 1.61. The van der Waals surface area contributed by atoms with Crippen molar-refractivity contribution in [1.82, 2.24) is 0 Å². The molecular formula is C13H35Al3O5. The number of rotatable bonds is 9. The molecule has 21 heavy (non-hydrogen) atoms. The molecule has 0 aliphatic heterocycles. The average molecular weight is 352 g/mol. The van der Waals surface area contributed by atoms with Gasteiger partial charge in [-0.1, -0.05) is 0 Å². The monoisotopic (exact) mass is 352 g/mol. The molecule has 5 nitrogen and oxygen atoms in total. The molecule has 0 bridgehead atoms. The van der Waals surface area contributed by atoms with Crippen molar-refractivity contribution in [2.45, 2.75) is 73.7 Å². The zero-order chi connectivity index (χ0) is 17.1. The second kappa shape index (κ2) is 23.7. The van der Waals surface area contributed by atoms with Crippen LogP contribution < -0.4 is 0 Å². The Morgan fingerprint density at radius 3 is 1.24 bits per heavy atom. The highest BCUT2D eigenvalue weighted by Gasteiger charge is 2.01. The topological polar surface area (TPSA) is 46.2 Å². The van der Waals surface area contributed by atoms with Gasteiger partial charge in [-0.15, -0.1) is 0 Å². The summed E-state index contributed by atoms with van der Waals surface area (Å²) < 4.78 is 25.4. The van der Waals surface area contributed by atoms with Gasteiger partial charge in [-0.2, -0.15) is 0 Å². The summed E-state index contributed by atoms with van der Waals surface area (Å²) in [5.74, 6) is 0. The van der Waals surface area contributed by atoms with Gasteiger partial charge >= 0.3 is 48.4 Å². The van der Waals surface area contributed by atoms with E-state index in [1.807, 2.05) is 55.4 Å². The lowest BCUT2D eigenvalue weighted by molar-refractivity contribution is 0.152. The van der Waals surface area contributed by atoms with Crippen molar-refractivity contribution in [2.24, 2.45) is 0 Å². The lowest BCUT2D eigenvalue weighted by atomic mass is 10.5. The highest BCUT2D eigenvalue weighted by Crippen LogP contribution is 1.89. The summed E-state index contributed by atoms with van der Waals surface area (Å²) in [7, 11) is 0. The van der Waals surface area contributed by atoms with E-state index in [9.17, 15) is 0 Å². The third-order valence-electron chi connectivity index (χ3n) is 1.85. The van der Waals surface area contributed by atoms with E-state index in [1.54, 1.807) is 0 Å². The minimum Gasteiger partial charge on any atom is -0.504 e. The molecule has 0 N–H and O–H groups in total. The first-order valence-corrected chi connectivity index (χ1v) is 10.9. The summed E-state index contributed by atoms with van der Waals surface area (Å²) in [6.07, 6.45) is 1.10. The Morgan fingerprint density at radius 2 is 1.05 bits per heavy atom. The molecule has 0 spiro atoms. The van der Waals surface area contributed by atoms with E-state index in [4.69, 9.17) is 18.9 Å². The molecule has 0 heterocycles. The van der Waals surface area contributed by atoms with Crippen LogP contribution in [0.25, 0.3) is 0 Å². The Labute approximate surface area is 153 Å². The van der Waals surface area contributed by atoms with E-state index in [2.05, 4.69) is 0 Å². The Morgan fingerprint density at radius 1 is 0.714 bits per heavy atom. The predicted molar refractivity (Wildman–Crippen MR) is 94.8 cm³/mol. The van der Waals surface area contributed by atoms with Gasteiger partial charge in [0, 0.05) is 31.5 Å². The maximum absolute atomic E-state index is 5.27. The zero-order valence-electron chi connectivity index (χ0n) is 15.6. The normalized spacial score (nSPS) is 9.86. The van der Waals surface area contributed by atoms with Crippen molar-refractivity contribution in [3.8, 4) is 0 Å². The van der Waals surface area contributed by atoms with Gasteiger partial charge in [0.1, 0.15) is 0 Å². The maximum atomic E-state index is 5.27. The van der Waals surface area contributed by atoms with Crippen LogP contribution in [-0.4, -0.2) is 79.9 Å². The molecule has 0 fully saturated rings. The summed E-state index contributed by atoms with van der Waals surface area (Å²) in [4.78, 5) is 0. The summed E-state index contributed by atoms with van der Waals surface area (Å²) in [6.45, 7) is 17.7. The average Bonchev–Trinajstić information content (AvgIpc) is 2.40. The van der Waals surface area contributed by atoms with Crippen molar-refractivity contribution >= 4 is 48.4 Å². The van der Waals surface area contributed by atoms with Gasteiger partial charge in [0.2, 0.25) is 0 Å². The molecule has 0 aromatic heterocycles. The van der Waals surface area contributed by atoms with Gasteiger partial charge in [-0.25, -0.2) is 0 Å². The molecule has 0 aromatic carbocycles. The SMILES string of the molecule is CC(C)[O][AlH2].CC(C)[O][AlH][O]C(C)C.CC[O][AlH][O]CC. The van der Waals surface area contributed by atoms with Gasteiger partial charge in [0.15, 0.2) is 0 Å². The molecule has 0 atom stereocenters. The van der Waals surface area contributed by atoms with Crippen LogP contribution in [0.5, 0.6) is 0 Å². The van der Waals surface area contributed by atoms with Gasteiger partial charge in [0.05, 0.1) is 0 Å². The van der Waals surface area contributed by atoms with E-state index < -0.39 is 31.8 Å². The quantitative estimate of drug-likeness (QED) is 0.464. The molecule has 0 aliphatic rings. The number of hydrogen-bond acceptors (Lipinski definition) is 5. The molecule has 0 rings (SSSR count). The second-order valence-electron chi connectivity index (χ2n) is 4.94. The first-order valence-electron chi connectivity index (χ1n) is 7.73. The highest BCUT2D eigenvalue weighted by molar-refractivity contribution is 6.18. The van der Waals surface area contributed by atoms with Crippen LogP contribution in [0, 0.1) is 0 Å². The second-order valence-corrected chi connectivity index (χ2v) is 7.36. The standard InChI is InChI=1S/3C3H7O.2C2H5O.3Al.4H/c3*1-3(2)4;2*1-2-3;;;;;;;/h3*3H,1-2H3;2*2H2,1H3;;;;;;;/q5*-1;+1;2*+2;;;;. The first-order chi connectivity index (χ1) is 9.81. The molecule has 0 unspecified atom stereocenters. The molecule has 0 aromatic rings. The number of hydrogen-bond donors (Lipinski definition) is 0. The van der Waals surface area contributed by atoms with Crippen LogP contribution in [-0.2, 0) is 18.9 Å². The van der Waals surface area contributed by atoms with Gasteiger partial charge < -0.3 is 18.9 Å². The van der Waals surface area contributed by atoms with Gasteiger partial charge in [-0.3, -0.25) is 0 Å². The molecule has 126 valence electrons. The van der Waals surface area contributed by atoms with Crippen molar-refractivity contribution in [3.63, 3.8) is 0 Å². The predicted octanol–water partition coefficient (Wildman–Crippen LogP) is 1.39. The molecule has 0 radical (unpaired) electrons. The maximum Gasteiger partial charge on any atom is 0.650 e. The largest absolute Gasteiger partial charge is 0.650 e. The van der Waals surface area contributed by atoms with Crippen LogP contribution in [0.2, 0.25) is 0 Å². The minimum atomic E-state index is -0.684. The lowest BCUT2D eigenvalue weighted by Crippen LogP contribution is -2.14. The lowest BCUT2D eigenvalue weighted by Gasteiger charge is -2.09. The Balaban J connectivity index is -0.000000242. The van der Waals surface area contributed by atoms with Crippen molar-refractivity contribution < 1.29 is 18.9 Å². The Bertz CT molecular complexity index is 160. The van der Waals surface area contributed by atoms with E-state index in [0.717, 1.165) is 29.8 Å². The minimum absolute atomic E-state index is 0.329. The molecule has 0 amide bonds. The van der Waals surface area contributed by atoms with Crippen LogP contribution >= 0.6 is 0 Å². The summed E-state index contributed by atoms with van der Waals surface area (Å²) in [5.41, 5.74) is 0. The van der Waals surface area contributed by atoms with Gasteiger partial charge in [-0.05, 0) is 55.4 Å². The van der Waals surface area contributed by atoms with Crippen LogP contribution in [0.4, 0.5) is 0 Å². The van der Waals surface area contributed by atoms with Crippen molar-refractivity contribution in [1.29, 1.82) is 0 Å². The smallest absolute Gasteiger partial charge is 0.504 e. The summed E-state index contributed by atoms with van der Waals surface area (Å²) in [6, 6.07) is 0. The summed E-state index contributed by atoms with van der Waals surface area (Å²) >= 11 is -0.399. The van der Waals surface area contributed by atoms with Crippen molar-refractivity contribution in [3.05, 3.63) is 0 Å². The fraction of sp³-hybridized carbons (Fsp3) is 1.00. The zero-order valence-corrected chi connectivity index (χ0v) is 20.4. The van der Waals surface area contributed by atoms with Gasteiger partial charge in [0.25, 0.3) is 0 Å². The highest BCUT2D eigenvalue weighted by atomic mass is 27.2. The Hall–Kier alpha value is 1.40. The molecule has 0 aliphatic carbocycles. The third-order valence-corrected chi connectivity index (χ3v) is 5.55. The van der Waals surface area contributed by atoms with Crippen molar-refractivity contribution in [2.75, 3.05) is 13.2 Å². The fourth-order valence-electron chi connectivity index (χ4n) is 0.537. The molecule has 0 saturated carbocycles. The Kier molecular flexibility index (Phi) is 30.7. The van der Waals surface area contributed by atoms with E-state index >= 15 is 0 Å². The third kappa shape index (κ3) is 44.9. The van der Waals surface area contributed by atoms with Crippen LogP contribution in [0.3, 0.4) is 0 Å². The van der Waals surface area contributed by atoms with Crippen LogP contribution in [0.1, 0.15) is 55.4 Å². The molecule has 0 saturated heterocycles. The molecule has 8 heteroatoms.